The molecule has 0 atom stereocenters. The fraction of sp³-hybridized carbons (Fsp3) is 0.286. The zero-order chi connectivity index (χ0) is 20.9. The van der Waals surface area contributed by atoms with Crippen LogP contribution in [0.15, 0.2) is 36.5 Å². The summed E-state index contributed by atoms with van der Waals surface area (Å²) in [5, 5.41) is 7.07. The summed E-state index contributed by atoms with van der Waals surface area (Å²) in [6.07, 6.45) is 1.02. The molecule has 0 bridgehead atoms. The number of aryl methyl sites for hydroxylation is 1. The van der Waals surface area contributed by atoms with Crippen LogP contribution in [0.1, 0.15) is 28.9 Å². The molecule has 5 rings (SSSR count). The summed E-state index contributed by atoms with van der Waals surface area (Å²) < 4.78 is 26.8. The van der Waals surface area contributed by atoms with Crippen LogP contribution in [-0.2, 0) is 0 Å². The molecule has 1 aromatic carbocycles. The molecule has 152 valence electrons. The monoisotopic (exact) mass is 408 g/mol. The van der Waals surface area contributed by atoms with Gasteiger partial charge in [0, 0.05) is 31.5 Å². The number of hydrogen-bond donors (Lipinski definition) is 1. The minimum Gasteiger partial charge on any atom is -0.338 e. The van der Waals surface area contributed by atoms with Crippen molar-refractivity contribution in [2.45, 2.75) is 25.7 Å². The number of carbonyl (C=O) groups excluding carboxylic acids is 1. The number of halogens is 2. The number of piperidine rings is 1. The molecule has 0 unspecified atom stereocenters. The third-order valence-corrected chi connectivity index (χ3v) is 5.42. The summed E-state index contributed by atoms with van der Waals surface area (Å²) in [5.74, 6) is -2.96. The van der Waals surface area contributed by atoms with Crippen LogP contribution in [-0.4, -0.2) is 55.0 Å². The predicted octanol–water partition coefficient (Wildman–Crippen LogP) is 3.75. The molecule has 30 heavy (non-hydrogen) atoms. The van der Waals surface area contributed by atoms with E-state index in [1.54, 1.807) is 24.4 Å². The Morgan fingerprint density at radius 3 is 2.67 bits per heavy atom. The van der Waals surface area contributed by atoms with Crippen molar-refractivity contribution < 1.29 is 13.6 Å². The Kier molecular flexibility index (Phi) is 4.19. The minimum atomic E-state index is -2.69. The molecule has 1 N–H and O–H groups in total. The number of H-pyrrole nitrogens is 1. The molecule has 1 amide bonds. The summed E-state index contributed by atoms with van der Waals surface area (Å²) in [4.78, 5) is 27.9. The van der Waals surface area contributed by atoms with E-state index in [0.717, 1.165) is 16.7 Å². The zero-order valence-corrected chi connectivity index (χ0v) is 16.2. The molecule has 1 saturated heterocycles. The van der Waals surface area contributed by atoms with Crippen LogP contribution in [0.2, 0.25) is 0 Å². The SMILES string of the molecule is Cc1n[nH]c2ccc(-c3cnc4ccc(C(=O)N5CCC(F)(F)CC5)cc4n3)nc12. The van der Waals surface area contributed by atoms with E-state index in [0.29, 0.717) is 28.0 Å². The first-order valence-corrected chi connectivity index (χ1v) is 9.66. The van der Waals surface area contributed by atoms with Crippen LogP contribution >= 0.6 is 0 Å². The first kappa shape index (κ1) is 18.5. The average Bonchev–Trinajstić information content (AvgIpc) is 3.12. The van der Waals surface area contributed by atoms with Crippen LogP contribution in [0.4, 0.5) is 8.78 Å². The second-order valence-corrected chi connectivity index (χ2v) is 7.51. The van der Waals surface area contributed by atoms with E-state index >= 15 is 0 Å². The Balaban J connectivity index is 1.48. The van der Waals surface area contributed by atoms with E-state index in [9.17, 15) is 13.6 Å². The fourth-order valence-electron chi connectivity index (χ4n) is 3.65. The van der Waals surface area contributed by atoms with Crippen molar-refractivity contribution in [1.29, 1.82) is 0 Å². The van der Waals surface area contributed by atoms with Crippen molar-refractivity contribution in [3.8, 4) is 11.4 Å². The number of rotatable bonds is 2. The highest BCUT2D eigenvalue weighted by Crippen LogP contribution is 2.29. The fourth-order valence-corrected chi connectivity index (χ4v) is 3.65. The lowest BCUT2D eigenvalue weighted by Gasteiger charge is -2.31. The molecular weight excluding hydrogens is 390 g/mol. The lowest BCUT2D eigenvalue weighted by atomic mass is 10.1. The number of carbonyl (C=O) groups is 1. The molecule has 3 aromatic heterocycles. The van der Waals surface area contributed by atoms with E-state index in [1.165, 1.54) is 4.90 Å². The van der Waals surface area contributed by atoms with Gasteiger partial charge in [-0.2, -0.15) is 5.10 Å². The topological polar surface area (TPSA) is 87.7 Å². The molecule has 1 aliphatic rings. The van der Waals surface area contributed by atoms with Crippen LogP contribution in [0.3, 0.4) is 0 Å². The van der Waals surface area contributed by atoms with Crippen molar-refractivity contribution in [3.05, 3.63) is 47.8 Å². The van der Waals surface area contributed by atoms with Gasteiger partial charge >= 0.3 is 0 Å². The summed E-state index contributed by atoms with van der Waals surface area (Å²) in [6, 6.07) is 8.75. The number of aromatic amines is 1. The van der Waals surface area contributed by atoms with Crippen LogP contribution in [0.25, 0.3) is 33.5 Å². The van der Waals surface area contributed by atoms with E-state index in [4.69, 9.17) is 0 Å². The Labute approximate surface area is 170 Å². The van der Waals surface area contributed by atoms with Gasteiger partial charge in [0.05, 0.1) is 34.1 Å². The van der Waals surface area contributed by atoms with Gasteiger partial charge in [0.2, 0.25) is 0 Å². The number of alkyl halides is 2. The van der Waals surface area contributed by atoms with Crippen LogP contribution < -0.4 is 0 Å². The molecule has 1 aliphatic heterocycles. The number of nitrogens with zero attached hydrogens (tertiary/aromatic N) is 5. The number of hydrogen-bond acceptors (Lipinski definition) is 5. The largest absolute Gasteiger partial charge is 0.338 e. The van der Waals surface area contributed by atoms with Gasteiger partial charge in [-0.15, -0.1) is 0 Å². The second-order valence-electron chi connectivity index (χ2n) is 7.51. The summed E-state index contributed by atoms with van der Waals surface area (Å²) in [6.45, 7) is 1.96. The van der Waals surface area contributed by atoms with Gasteiger partial charge < -0.3 is 4.90 Å². The Hall–Kier alpha value is -3.49. The number of pyridine rings is 1. The molecule has 7 nitrogen and oxygen atoms in total. The molecule has 1 fully saturated rings. The number of fused-ring (bicyclic) bond motifs is 2. The van der Waals surface area contributed by atoms with Crippen molar-refractivity contribution in [3.63, 3.8) is 0 Å². The first-order valence-electron chi connectivity index (χ1n) is 9.66. The highest BCUT2D eigenvalue weighted by atomic mass is 19.3. The summed E-state index contributed by atoms with van der Waals surface area (Å²) >= 11 is 0. The maximum atomic E-state index is 13.4. The number of amides is 1. The summed E-state index contributed by atoms with van der Waals surface area (Å²) in [7, 11) is 0. The smallest absolute Gasteiger partial charge is 0.253 e. The molecule has 0 spiro atoms. The van der Waals surface area contributed by atoms with Gasteiger partial charge in [-0.25, -0.2) is 18.7 Å². The third kappa shape index (κ3) is 3.26. The lowest BCUT2D eigenvalue weighted by Crippen LogP contribution is -2.42. The van der Waals surface area contributed by atoms with Gasteiger partial charge in [0.25, 0.3) is 11.8 Å². The van der Waals surface area contributed by atoms with Gasteiger partial charge in [-0.05, 0) is 37.3 Å². The number of likely N-dealkylation sites (tertiary alicyclic amines) is 1. The zero-order valence-electron chi connectivity index (χ0n) is 16.2. The maximum absolute atomic E-state index is 13.4. The van der Waals surface area contributed by atoms with Gasteiger partial charge in [-0.1, -0.05) is 0 Å². The highest BCUT2D eigenvalue weighted by Gasteiger charge is 2.35. The van der Waals surface area contributed by atoms with Gasteiger partial charge in [0.15, 0.2) is 0 Å². The standard InChI is InChI=1S/C21H18F2N6O/c1-12-19-16(28-27-12)5-4-15(26-19)18-11-24-14-3-2-13(10-17(14)25-18)20(30)29-8-6-21(22,23)7-9-29/h2-5,10-11H,6-9H2,1H3,(H,27,28). The van der Waals surface area contributed by atoms with Crippen molar-refractivity contribution >= 4 is 28.0 Å². The first-order chi connectivity index (χ1) is 14.4. The molecule has 0 saturated carbocycles. The van der Waals surface area contributed by atoms with Gasteiger partial charge in [-0.3, -0.25) is 14.9 Å². The van der Waals surface area contributed by atoms with Crippen LogP contribution in [0.5, 0.6) is 0 Å². The Bertz CT molecular complexity index is 1280. The minimum absolute atomic E-state index is 0.0452. The molecule has 4 aromatic rings. The second kappa shape index (κ2) is 6.79. The Morgan fingerprint density at radius 1 is 1.07 bits per heavy atom. The van der Waals surface area contributed by atoms with Crippen LogP contribution in [0, 0.1) is 6.92 Å². The normalized spacial score (nSPS) is 16.3. The Morgan fingerprint density at radius 2 is 1.87 bits per heavy atom. The average molecular weight is 408 g/mol. The number of benzene rings is 1. The molecule has 0 radical (unpaired) electrons. The van der Waals surface area contributed by atoms with E-state index in [1.807, 2.05) is 19.1 Å². The van der Waals surface area contributed by atoms with Gasteiger partial charge in [0.1, 0.15) is 11.2 Å². The molecule has 4 heterocycles. The maximum Gasteiger partial charge on any atom is 0.253 e. The predicted molar refractivity (Wildman–Crippen MR) is 107 cm³/mol. The molecular formula is C21H18F2N6O. The molecule has 0 aliphatic carbocycles. The van der Waals surface area contributed by atoms with Crippen molar-refractivity contribution in [2.75, 3.05) is 13.1 Å². The summed E-state index contributed by atoms with van der Waals surface area (Å²) in [5.41, 5.74) is 5.22. The quantitative estimate of drug-likeness (QED) is 0.546. The number of nitrogens with one attached hydrogen (secondary N) is 1. The van der Waals surface area contributed by atoms with Crippen molar-refractivity contribution in [2.24, 2.45) is 0 Å². The highest BCUT2D eigenvalue weighted by molar-refractivity contribution is 5.97. The van der Waals surface area contributed by atoms with E-state index in [2.05, 4.69) is 25.1 Å². The number of aromatic nitrogens is 5. The lowest BCUT2D eigenvalue weighted by molar-refractivity contribution is -0.0494. The van der Waals surface area contributed by atoms with E-state index < -0.39 is 5.92 Å². The third-order valence-electron chi connectivity index (χ3n) is 5.42. The van der Waals surface area contributed by atoms with E-state index in [-0.39, 0.29) is 31.8 Å². The molecule has 9 heteroatoms. The van der Waals surface area contributed by atoms with Crippen molar-refractivity contribution in [1.82, 2.24) is 30.0 Å².